The van der Waals surface area contributed by atoms with E-state index in [0.29, 0.717) is 0 Å². The van der Waals surface area contributed by atoms with Gasteiger partial charge in [0, 0.05) is 22.9 Å². The molecule has 0 saturated carbocycles. The smallest absolute Gasteiger partial charge is 0.392 e. The molecule has 0 aliphatic rings. The second-order valence-corrected chi connectivity index (χ2v) is 1.96. The van der Waals surface area contributed by atoms with Gasteiger partial charge in [-0.15, -0.1) is 0 Å². The van der Waals surface area contributed by atoms with Crippen LogP contribution in [0.4, 0.5) is 8.78 Å². The van der Waals surface area contributed by atoms with Gasteiger partial charge in [-0.25, -0.2) is 0 Å². The molecule has 8 heavy (non-hydrogen) atoms. The van der Waals surface area contributed by atoms with E-state index in [1.165, 1.54) is 0 Å². The van der Waals surface area contributed by atoms with Crippen LogP contribution in [0.5, 0.6) is 0 Å². The van der Waals surface area contributed by atoms with Crippen LogP contribution >= 0.6 is 15.9 Å². The molecule has 0 unspecified atom stereocenters. The molecule has 0 rings (SSSR count). The fourth-order valence-electron chi connectivity index (χ4n) is 0.163. The molecule has 48 valence electrons. The Morgan fingerprint density at radius 2 is 2.12 bits per heavy atom. The summed E-state index contributed by atoms with van der Waals surface area (Å²) in [5.41, 5.74) is 0. The van der Waals surface area contributed by atoms with E-state index in [2.05, 4.69) is 4.74 Å². The summed E-state index contributed by atoms with van der Waals surface area (Å²) in [7, 11) is 0. The quantitative estimate of drug-likeness (QED) is 0.461. The van der Waals surface area contributed by atoms with Crippen molar-refractivity contribution >= 4 is 21.9 Å². The van der Waals surface area contributed by atoms with Gasteiger partial charge in [0.1, 0.15) is 0 Å². The van der Waals surface area contributed by atoms with Crippen molar-refractivity contribution in [3.63, 3.8) is 0 Å². The van der Waals surface area contributed by atoms with Crippen LogP contribution in [0.15, 0.2) is 0 Å². The Morgan fingerprint density at radius 1 is 1.75 bits per heavy atom. The minimum absolute atomic E-state index is 0.898. The fraction of sp³-hybridized carbons (Fsp3) is 0.667. The predicted molar refractivity (Wildman–Crippen MR) is 25.6 cm³/mol. The molecular weight excluding hydrogens is 186 g/mol. The monoisotopic (exact) mass is 188 g/mol. The van der Waals surface area contributed by atoms with Gasteiger partial charge in [-0.05, 0) is 0 Å². The Balaban J connectivity index is 3.55. The molecule has 0 aliphatic carbocycles. The summed E-state index contributed by atoms with van der Waals surface area (Å²) in [6, 6.07) is 0. The van der Waals surface area contributed by atoms with Crippen LogP contribution in [0.2, 0.25) is 0 Å². The normalized spacial score (nSPS) is 11.0. The maximum atomic E-state index is 11.4. The molecule has 0 aromatic rings. The summed E-state index contributed by atoms with van der Waals surface area (Å²) in [6.45, 7) is 0.898. The number of rotatable bonds is 1. The number of carbonyl (C=O) groups excluding carboxylic acids is 1. The Labute approximate surface area is 52.9 Å². The molecule has 0 fully saturated rings. The highest BCUT2D eigenvalue weighted by molar-refractivity contribution is 9.09. The first kappa shape index (κ1) is 7.81. The van der Waals surface area contributed by atoms with Crippen molar-refractivity contribution in [2.45, 2.75) is 11.9 Å². The standard InChI is InChI=1S/C3H3BrF2O2/c1-2(7)8-3(4,5)6/h1H3. The molecule has 0 radical (unpaired) electrons. The highest BCUT2D eigenvalue weighted by Crippen LogP contribution is 2.22. The summed E-state index contributed by atoms with van der Waals surface area (Å²) < 4.78 is 26.3. The van der Waals surface area contributed by atoms with Gasteiger partial charge >= 0.3 is 11.0 Å². The maximum absolute atomic E-state index is 11.4. The molecule has 0 amide bonds. The molecule has 0 bridgehead atoms. The third kappa shape index (κ3) is 5.81. The van der Waals surface area contributed by atoms with Crippen molar-refractivity contribution in [1.29, 1.82) is 0 Å². The number of carbonyl (C=O) groups is 1. The van der Waals surface area contributed by atoms with E-state index in [1.807, 2.05) is 0 Å². The first-order chi connectivity index (χ1) is 3.42. The van der Waals surface area contributed by atoms with Crippen LogP contribution in [0.25, 0.3) is 0 Å². The van der Waals surface area contributed by atoms with Crippen molar-refractivity contribution in [1.82, 2.24) is 0 Å². The van der Waals surface area contributed by atoms with Crippen LogP contribution < -0.4 is 0 Å². The number of halogens is 3. The third-order valence-corrected chi connectivity index (χ3v) is 0.421. The van der Waals surface area contributed by atoms with Crippen molar-refractivity contribution in [3.05, 3.63) is 0 Å². The van der Waals surface area contributed by atoms with Gasteiger partial charge in [-0.3, -0.25) is 4.79 Å². The number of esters is 1. The molecule has 2 nitrogen and oxygen atoms in total. The molecule has 0 aromatic heterocycles. The zero-order chi connectivity index (χ0) is 6.78. The van der Waals surface area contributed by atoms with Crippen LogP contribution in [0.1, 0.15) is 6.92 Å². The van der Waals surface area contributed by atoms with Crippen molar-refractivity contribution in [3.8, 4) is 0 Å². The maximum Gasteiger partial charge on any atom is 0.461 e. The number of alkyl halides is 3. The van der Waals surface area contributed by atoms with Gasteiger partial charge in [-0.2, -0.15) is 8.78 Å². The number of hydrogen-bond acceptors (Lipinski definition) is 2. The number of hydrogen-bond donors (Lipinski definition) is 0. The summed E-state index contributed by atoms with van der Waals surface area (Å²) in [4.78, 5) is 9.73. The van der Waals surface area contributed by atoms with Crippen molar-refractivity contribution in [2.24, 2.45) is 0 Å². The Hall–Kier alpha value is -0.190. The van der Waals surface area contributed by atoms with E-state index in [4.69, 9.17) is 0 Å². The van der Waals surface area contributed by atoms with Gasteiger partial charge in [0.15, 0.2) is 0 Å². The Morgan fingerprint density at radius 3 is 2.12 bits per heavy atom. The van der Waals surface area contributed by atoms with Gasteiger partial charge in [0.05, 0.1) is 0 Å². The lowest BCUT2D eigenvalue weighted by atomic mass is 10.8. The lowest BCUT2D eigenvalue weighted by Crippen LogP contribution is -2.14. The fourth-order valence-corrected chi connectivity index (χ4v) is 0.391. The first-order valence-electron chi connectivity index (χ1n) is 1.68. The van der Waals surface area contributed by atoms with Crippen molar-refractivity contribution < 1.29 is 18.3 Å². The second-order valence-electron chi connectivity index (χ2n) is 1.04. The second kappa shape index (κ2) is 2.39. The lowest BCUT2D eigenvalue weighted by molar-refractivity contribution is -0.183. The van der Waals surface area contributed by atoms with E-state index < -0.39 is 11.0 Å². The van der Waals surface area contributed by atoms with Crippen LogP contribution in [0, 0.1) is 0 Å². The number of ether oxygens (including phenoxy) is 1. The Bertz CT molecular complexity index is 97.9. The minimum Gasteiger partial charge on any atom is -0.392 e. The average molecular weight is 189 g/mol. The molecule has 0 saturated heterocycles. The largest absolute Gasteiger partial charge is 0.461 e. The molecular formula is C3H3BrF2O2. The molecule has 0 atom stereocenters. The zero-order valence-corrected chi connectivity index (χ0v) is 5.54. The highest BCUT2D eigenvalue weighted by Gasteiger charge is 2.27. The molecule has 0 heterocycles. The van der Waals surface area contributed by atoms with Gasteiger partial charge in [0.2, 0.25) is 0 Å². The minimum atomic E-state index is -3.52. The topological polar surface area (TPSA) is 26.3 Å². The van der Waals surface area contributed by atoms with Crippen LogP contribution in [-0.2, 0) is 9.53 Å². The van der Waals surface area contributed by atoms with E-state index >= 15 is 0 Å². The molecule has 0 aromatic carbocycles. The van der Waals surface area contributed by atoms with E-state index in [1.54, 1.807) is 15.9 Å². The highest BCUT2D eigenvalue weighted by atomic mass is 79.9. The SMILES string of the molecule is CC(=O)OC(F)(F)Br. The first-order valence-corrected chi connectivity index (χ1v) is 2.47. The van der Waals surface area contributed by atoms with Crippen LogP contribution in [-0.4, -0.2) is 11.0 Å². The molecule has 5 heteroatoms. The molecule has 0 aliphatic heterocycles. The Kier molecular flexibility index (Phi) is 2.33. The average Bonchev–Trinajstić information content (AvgIpc) is 1.21. The summed E-state index contributed by atoms with van der Waals surface area (Å²) in [6.07, 6.45) is 0. The lowest BCUT2D eigenvalue weighted by Gasteiger charge is -2.04. The molecule has 0 N–H and O–H groups in total. The zero-order valence-electron chi connectivity index (χ0n) is 3.95. The van der Waals surface area contributed by atoms with E-state index in [0.717, 1.165) is 6.92 Å². The third-order valence-electron chi connectivity index (χ3n) is 0.259. The molecule has 0 spiro atoms. The predicted octanol–water partition coefficient (Wildman–Crippen LogP) is 1.49. The summed E-state index contributed by atoms with van der Waals surface area (Å²) in [5, 5.41) is -3.52. The van der Waals surface area contributed by atoms with Crippen molar-refractivity contribution in [2.75, 3.05) is 0 Å². The van der Waals surface area contributed by atoms with E-state index in [-0.39, 0.29) is 0 Å². The van der Waals surface area contributed by atoms with E-state index in [9.17, 15) is 13.6 Å². The van der Waals surface area contributed by atoms with Gasteiger partial charge in [-0.1, -0.05) is 0 Å². The van der Waals surface area contributed by atoms with Gasteiger partial charge < -0.3 is 4.74 Å². The summed E-state index contributed by atoms with van der Waals surface area (Å²) in [5.74, 6) is -1.02. The van der Waals surface area contributed by atoms with Crippen LogP contribution in [0.3, 0.4) is 0 Å². The van der Waals surface area contributed by atoms with Gasteiger partial charge in [0.25, 0.3) is 0 Å². The summed E-state index contributed by atoms with van der Waals surface area (Å²) >= 11 is 1.80.